The van der Waals surface area contributed by atoms with E-state index >= 15 is 0 Å². The van der Waals surface area contributed by atoms with Crippen molar-refractivity contribution in [3.05, 3.63) is 76.5 Å². The van der Waals surface area contributed by atoms with Crippen molar-refractivity contribution in [3.8, 4) is 0 Å². The van der Waals surface area contributed by atoms with E-state index in [4.69, 9.17) is 0 Å². The second kappa shape index (κ2) is 9.34. The first-order chi connectivity index (χ1) is 15.0. The Bertz CT molecular complexity index is 1050. The summed E-state index contributed by atoms with van der Waals surface area (Å²) in [5.74, 6) is -1.30. The maximum Gasteiger partial charge on any atom is 0.280 e. The zero-order chi connectivity index (χ0) is 21.8. The maximum absolute atomic E-state index is 14.1. The number of aromatic nitrogens is 2. The van der Waals surface area contributed by atoms with E-state index in [1.807, 2.05) is 31.2 Å². The molecule has 31 heavy (non-hydrogen) atoms. The highest BCUT2D eigenvalue weighted by molar-refractivity contribution is 7.03. The molecule has 1 fully saturated rings. The molecule has 1 atom stereocenters. The molecule has 4 rings (SSSR count). The summed E-state index contributed by atoms with van der Waals surface area (Å²) in [7, 11) is 0. The van der Waals surface area contributed by atoms with Crippen LogP contribution in [0.25, 0.3) is 0 Å². The Morgan fingerprint density at radius 2 is 1.90 bits per heavy atom. The Kier molecular flexibility index (Phi) is 6.36. The number of aryl methyl sites for hydroxylation is 1. The first kappa shape index (κ1) is 21.1. The van der Waals surface area contributed by atoms with Crippen LogP contribution in [0.4, 0.5) is 10.1 Å². The molecule has 2 amide bonds. The summed E-state index contributed by atoms with van der Waals surface area (Å²) in [5.41, 5.74) is 2.07. The van der Waals surface area contributed by atoms with Gasteiger partial charge in [-0.1, -0.05) is 53.2 Å². The van der Waals surface area contributed by atoms with E-state index in [1.54, 1.807) is 6.07 Å². The van der Waals surface area contributed by atoms with Crippen LogP contribution in [-0.2, 0) is 4.79 Å². The van der Waals surface area contributed by atoms with Crippen molar-refractivity contribution in [1.29, 1.82) is 0 Å². The van der Waals surface area contributed by atoms with Gasteiger partial charge in [-0.2, -0.15) is 0 Å². The predicted molar refractivity (Wildman–Crippen MR) is 117 cm³/mol. The number of rotatable bonds is 6. The molecule has 6 nitrogen and oxygen atoms in total. The van der Waals surface area contributed by atoms with Gasteiger partial charge in [-0.3, -0.25) is 14.5 Å². The van der Waals surface area contributed by atoms with Gasteiger partial charge >= 0.3 is 0 Å². The third-order valence-electron chi connectivity index (χ3n) is 5.49. The minimum Gasteiger partial charge on any atom is -0.351 e. The third-order valence-corrected chi connectivity index (χ3v) is 5.99. The zero-order valence-electron chi connectivity index (χ0n) is 17.1. The number of nitrogens with one attached hydrogen (secondary N) is 1. The Morgan fingerprint density at radius 3 is 2.55 bits per heavy atom. The summed E-state index contributed by atoms with van der Waals surface area (Å²) < 4.78 is 17.9. The van der Waals surface area contributed by atoms with E-state index in [-0.39, 0.29) is 23.3 Å². The topological polar surface area (TPSA) is 75.2 Å². The fraction of sp³-hybridized carbons (Fsp3) is 0.304. The van der Waals surface area contributed by atoms with Gasteiger partial charge in [0, 0.05) is 17.1 Å². The lowest BCUT2D eigenvalue weighted by Gasteiger charge is -2.32. The van der Waals surface area contributed by atoms with E-state index in [2.05, 4.69) is 14.9 Å². The Hall–Kier alpha value is -3.13. The summed E-state index contributed by atoms with van der Waals surface area (Å²) >= 11 is 1.04. The molecule has 1 aliphatic rings. The van der Waals surface area contributed by atoms with Crippen molar-refractivity contribution in [2.24, 2.45) is 0 Å². The quantitative estimate of drug-likeness (QED) is 0.618. The second-order valence-electron chi connectivity index (χ2n) is 7.75. The summed E-state index contributed by atoms with van der Waals surface area (Å²) in [5, 5.41) is 8.51. The lowest BCUT2D eigenvalue weighted by atomic mass is 10.0. The lowest BCUT2D eigenvalue weighted by molar-refractivity contribution is -0.123. The smallest absolute Gasteiger partial charge is 0.280 e. The first-order valence-corrected chi connectivity index (χ1v) is 11.1. The molecule has 160 valence electrons. The van der Waals surface area contributed by atoms with E-state index in [0.29, 0.717) is 5.56 Å². The summed E-state index contributed by atoms with van der Waals surface area (Å²) in [6.45, 7) is 1.95. The Morgan fingerprint density at radius 1 is 1.16 bits per heavy atom. The van der Waals surface area contributed by atoms with Crippen LogP contribution in [-0.4, -0.2) is 27.4 Å². The minimum atomic E-state index is -0.975. The standard InChI is InChI=1S/C23H23FN4O2S/c1-15-9-11-16(12-10-15)21(22(29)25-18-6-2-3-7-18)28(19-8-4-5-17(24)13-19)23(30)20-14-31-27-26-20/h4-5,8-14,18,21H,2-3,6-7H2,1H3,(H,25,29)/t21-/m0/s1. The Balaban J connectivity index is 1.80. The van der Waals surface area contributed by atoms with Gasteiger partial charge in [0.2, 0.25) is 5.91 Å². The molecule has 1 saturated carbocycles. The average molecular weight is 439 g/mol. The summed E-state index contributed by atoms with van der Waals surface area (Å²) in [4.78, 5) is 28.3. The van der Waals surface area contributed by atoms with E-state index < -0.39 is 17.8 Å². The van der Waals surface area contributed by atoms with E-state index in [1.165, 1.54) is 28.5 Å². The second-order valence-corrected chi connectivity index (χ2v) is 8.36. The highest BCUT2D eigenvalue weighted by Gasteiger charge is 2.35. The van der Waals surface area contributed by atoms with E-state index in [9.17, 15) is 14.0 Å². The minimum absolute atomic E-state index is 0.0749. The normalized spacial score (nSPS) is 14.9. The van der Waals surface area contributed by atoms with Crippen molar-refractivity contribution in [1.82, 2.24) is 14.9 Å². The monoisotopic (exact) mass is 438 g/mol. The van der Waals surface area contributed by atoms with Crippen molar-refractivity contribution in [3.63, 3.8) is 0 Å². The number of nitrogens with zero attached hydrogens (tertiary/aromatic N) is 3. The predicted octanol–water partition coefficient (Wildman–Crippen LogP) is 4.43. The van der Waals surface area contributed by atoms with Gasteiger partial charge < -0.3 is 5.32 Å². The molecule has 2 aromatic carbocycles. The number of hydrogen-bond donors (Lipinski definition) is 1. The van der Waals surface area contributed by atoms with Crippen molar-refractivity contribution in [2.45, 2.75) is 44.7 Å². The maximum atomic E-state index is 14.1. The van der Waals surface area contributed by atoms with Gasteiger partial charge in [-0.25, -0.2) is 4.39 Å². The molecule has 3 aromatic rings. The van der Waals surface area contributed by atoms with Gasteiger partial charge in [-0.15, -0.1) is 5.10 Å². The molecule has 0 spiro atoms. The van der Waals surface area contributed by atoms with Gasteiger partial charge in [0.25, 0.3) is 5.91 Å². The van der Waals surface area contributed by atoms with Crippen molar-refractivity contribution >= 4 is 29.0 Å². The molecule has 0 saturated heterocycles. The number of amides is 2. The number of hydrogen-bond acceptors (Lipinski definition) is 5. The number of halogens is 1. The fourth-order valence-electron chi connectivity index (χ4n) is 3.91. The molecule has 1 heterocycles. The largest absolute Gasteiger partial charge is 0.351 e. The van der Waals surface area contributed by atoms with Crippen LogP contribution >= 0.6 is 11.5 Å². The average Bonchev–Trinajstić information content (AvgIpc) is 3.46. The zero-order valence-corrected chi connectivity index (χ0v) is 17.9. The van der Waals surface area contributed by atoms with Gasteiger partial charge in [0.1, 0.15) is 11.9 Å². The number of benzene rings is 2. The molecular formula is C23H23FN4O2S. The highest BCUT2D eigenvalue weighted by atomic mass is 32.1. The van der Waals surface area contributed by atoms with Crippen molar-refractivity contribution < 1.29 is 14.0 Å². The Labute approximate surface area is 184 Å². The van der Waals surface area contributed by atoms with Gasteiger partial charge in [0.15, 0.2) is 5.69 Å². The lowest BCUT2D eigenvalue weighted by Crippen LogP contribution is -2.46. The molecule has 1 N–H and O–H groups in total. The van der Waals surface area contributed by atoms with Gasteiger partial charge in [0.05, 0.1) is 0 Å². The van der Waals surface area contributed by atoms with Crippen LogP contribution in [0.2, 0.25) is 0 Å². The van der Waals surface area contributed by atoms with Crippen LogP contribution in [0.5, 0.6) is 0 Å². The number of carbonyl (C=O) groups excluding carboxylic acids is 2. The summed E-state index contributed by atoms with van der Waals surface area (Å²) in [6.07, 6.45) is 3.96. The number of carbonyl (C=O) groups is 2. The molecule has 0 radical (unpaired) electrons. The number of anilines is 1. The molecule has 8 heteroatoms. The van der Waals surface area contributed by atoms with Gasteiger partial charge in [-0.05, 0) is 55.1 Å². The summed E-state index contributed by atoms with van der Waals surface area (Å²) in [6, 6.07) is 12.2. The van der Waals surface area contributed by atoms with E-state index in [0.717, 1.165) is 42.8 Å². The fourth-order valence-corrected chi connectivity index (χ4v) is 4.34. The van der Waals surface area contributed by atoms with Crippen LogP contribution in [0, 0.1) is 12.7 Å². The highest BCUT2D eigenvalue weighted by Crippen LogP contribution is 2.31. The molecule has 1 aromatic heterocycles. The van der Waals surface area contributed by atoms with Crippen LogP contribution in [0.15, 0.2) is 53.9 Å². The van der Waals surface area contributed by atoms with Crippen molar-refractivity contribution in [2.75, 3.05) is 4.90 Å². The molecule has 0 bridgehead atoms. The molecule has 0 unspecified atom stereocenters. The molecule has 1 aliphatic carbocycles. The third kappa shape index (κ3) is 4.80. The first-order valence-electron chi connectivity index (χ1n) is 10.3. The van der Waals surface area contributed by atoms with Crippen LogP contribution < -0.4 is 10.2 Å². The molecular weight excluding hydrogens is 415 g/mol. The molecule has 0 aliphatic heterocycles. The van der Waals surface area contributed by atoms with Crippen LogP contribution in [0.1, 0.15) is 53.3 Å². The SMILES string of the molecule is Cc1ccc([C@@H](C(=O)NC2CCCC2)N(C(=O)c2csnn2)c2cccc(F)c2)cc1. The van der Waals surface area contributed by atoms with Crippen LogP contribution in [0.3, 0.4) is 0 Å².